The second-order valence-electron chi connectivity index (χ2n) is 5.14. The molecule has 0 amide bonds. The molecule has 1 aliphatic carbocycles. The van der Waals surface area contributed by atoms with Crippen LogP contribution in [0, 0.1) is 23.7 Å². The summed E-state index contributed by atoms with van der Waals surface area (Å²) in [6.07, 6.45) is 2.62. The van der Waals surface area contributed by atoms with Crippen molar-refractivity contribution in [1.82, 2.24) is 0 Å². The molecule has 3 unspecified atom stereocenters. The molecule has 1 heterocycles. The van der Waals surface area contributed by atoms with Gasteiger partial charge in [-0.05, 0) is 42.4 Å². The highest BCUT2D eigenvalue weighted by Crippen LogP contribution is 2.44. The predicted octanol–water partition coefficient (Wildman–Crippen LogP) is 2.66. The Morgan fingerprint density at radius 1 is 1.21 bits per heavy atom. The van der Waals surface area contributed by atoms with E-state index in [1.807, 2.05) is 0 Å². The third kappa shape index (κ3) is 2.13. The zero-order chi connectivity index (χ0) is 10.3. The summed E-state index contributed by atoms with van der Waals surface area (Å²) in [7, 11) is -0.151. The van der Waals surface area contributed by atoms with Crippen LogP contribution in [0.4, 0.5) is 0 Å². The van der Waals surface area contributed by atoms with Crippen LogP contribution in [-0.2, 0) is 8.55 Å². The predicted molar refractivity (Wildman–Crippen MR) is 67.1 cm³/mol. The second kappa shape index (κ2) is 3.75. The van der Waals surface area contributed by atoms with Crippen molar-refractivity contribution in [2.45, 2.75) is 26.7 Å². The maximum atomic E-state index is 11.9. The van der Waals surface area contributed by atoms with Gasteiger partial charge in [0.05, 0.1) is 0 Å². The number of hydrogen-bond donors (Lipinski definition) is 0. The van der Waals surface area contributed by atoms with E-state index in [1.165, 1.54) is 12.8 Å². The van der Waals surface area contributed by atoms with Gasteiger partial charge in [0.25, 0.3) is 0 Å². The van der Waals surface area contributed by atoms with E-state index in [1.54, 1.807) is 10.8 Å². The number of rotatable bonds is 0. The molecule has 1 saturated carbocycles. The molecular weight excluding hydrogens is 212 g/mol. The van der Waals surface area contributed by atoms with E-state index in [9.17, 15) is 4.21 Å². The molecule has 14 heavy (non-hydrogen) atoms. The van der Waals surface area contributed by atoms with E-state index in [-0.39, 0.29) is 0 Å². The third-order valence-corrected chi connectivity index (χ3v) is 7.99. The molecule has 1 saturated heterocycles. The molecule has 0 aromatic heterocycles. The van der Waals surface area contributed by atoms with Crippen LogP contribution in [-0.4, -0.2) is 21.6 Å². The Morgan fingerprint density at radius 3 is 2.43 bits per heavy atom. The van der Waals surface area contributed by atoms with Gasteiger partial charge in [-0.3, -0.25) is 4.21 Å². The van der Waals surface area contributed by atoms with Gasteiger partial charge in [-0.15, -0.1) is 0 Å². The summed E-state index contributed by atoms with van der Waals surface area (Å²) in [6, 6.07) is 0. The standard InChI is InChI=1S/C11H20OS2/c1-8-4-10-6-13-14(3,12)7-11(10)5-9(8)2/h8-11H,3-7H2,1-2H3/t8-,9-,10?,11?,14?/m1/s1. The van der Waals surface area contributed by atoms with Crippen molar-refractivity contribution in [2.24, 2.45) is 23.7 Å². The van der Waals surface area contributed by atoms with Crippen LogP contribution in [0.15, 0.2) is 0 Å². The Labute approximate surface area is 91.4 Å². The van der Waals surface area contributed by atoms with Crippen molar-refractivity contribution in [3.63, 3.8) is 0 Å². The molecule has 2 aliphatic rings. The van der Waals surface area contributed by atoms with Crippen LogP contribution in [0.25, 0.3) is 0 Å². The second-order valence-corrected chi connectivity index (χ2v) is 10.1. The maximum Gasteiger partial charge on any atom is 0.0283 e. The third-order valence-electron chi connectivity index (χ3n) is 3.95. The van der Waals surface area contributed by atoms with E-state index in [0.717, 1.165) is 29.3 Å². The summed E-state index contributed by atoms with van der Waals surface area (Å²) in [5.41, 5.74) is 0. The fourth-order valence-electron chi connectivity index (χ4n) is 2.80. The highest BCUT2D eigenvalue weighted by molar-refractivity contribution is 8.75. The molecule has 1 nitrogen and oxygen atoms in total. The average Bonchev–Trinajstić information content (AvgIpc) is 2.07. The molecule has 3 heteroatoms. The summed E-state index contributed by atoms with van der Waals surface area (Å²) >= 11 is 0. The molecule has 2 fully saturated rings. The van der Waals surface area contributed by atoms with Gasteiger partial charge in [-0.2, -0.15) is 0 Å². The van der Waals surface area contributed by atoms with E-state index in [2.05, 4.69) is 19.7 Å². The lowest BCUT2D eigenvalue weighted by Gasteiger charge is -2.42. The zero-order valence-corrected chi connectivity index (χ0v) is 10.7. The molecule has 82 valence electrons. The van der Waals surface area contributed by atoms with Gasteiger partial charge >= 0.3 is 0 Å². The minimum absolute atomic E-state index is 0.701. The van der Waals surface area contributed by atoms with Crippen molar-refractivity contribution in [3.05, 3.63) is 0 Å². The number of hydrogen-bond acceptors (Lipinski definition) is 2. The van der Waals surface area contributed by atoms with Crippen molar-refractivity contribution in [3.8, 4) is 0 Å². The van der Waals surface area contributed by atoms with Crippen molar-refractivity contribution in [1.29, 1.82) is 0 Å². The SMILES string of the molecule is C=S1(=O)CC2C[C@@H](C)[C@H](C)CC2CS1. The Kier molecular flexibility index (Phi) is 2.91. The van der Waals surface area contributed by atoms with Crippen LogP contribution in [0.3, 0.4) is 0 Å². The Bertz CT molecular complexity index is 307. The van der Waals surface area contributed by atoms with E-state index < -0.39 is 8.55 Å². The van der Waals surface area contributed by atoms with Gasteiger partial charge < -0.3 is 0 Å². The van der Waals surface area contributed by atoms with Crippen LogP contribution >= 0.6 is 10.8 Å². The minimum Gasteiger partial charge on any atom is -0.257 e. The Balaban J connectivity index is 2.09. The van der Waals surface area contributed by atoms with Crippen LogP contribution in [0.1, 0.15) is 26.7 Å². The van der Waals surface area contributed by atoms with Gasteiger partial charge in [0.1, 0.15) is 0 Å². The fourth-order valence-corrected chi connectivity index (χ4v) is 6.87. The van der Waals surface area contributed by atoms with Gasteiger partial charge in [-0.1, -0.05) is 24.6 Å². The number of fused-ring (bicyclic) bond motifs is 1. The fraction of sp³-hybridized carbons (Fsp3) is 0.909. The first-order chi connectivity index (χ1) is 6.48. The normalized spacial score (nSPS) is 53.9. The molecule has 0 bridgehead atoms. The van der Waals surface area contributed by atoms with Gasteiger partial charge in [-0.25, -0.2) is 0 Å². The molecule has 1 aliphatic heterocycles. The molecule has 0 radical (unpaired) electrons. The highest BCUT2D eigenvalue weighted by Gasteiger charge is 2.37. The van der Waals surface area contributed by atoms with Crippen molar-refractivity contribution < 1.29 is 4.21 Å². The highest BCUT2D eigenvalue weighted by atomic mass is 33.1. The molecule has 0 aromatic carbocycles. The largest absolute Gasteiger partial charge is 0.257 e. The smallest absolute Gasteiger partial charge is 0.0283 e. The quantitative estimate of drug-likeness (QED) is 0.472. The van der Waals surface area contributed by atoms with Gasteiger partial charge in [0.15, 0.2) is 0 Å². The maximum absolute atomic E-state index is 11.9. The lowest BCUT2D eigenvalue weighted by Crippen LogP contribution is -2.37. The molecule has 2 rings (SSSR count). The summed E-state index contributed by atoms with van der Waals surface area (Å²) in [5, 5.41) is 0. The Hall–Kier alpha value is 0.370. The first-order valence-corrected chi connectivity index (χ1v) is 8.87. The Morgan fingerprint density at radius 2 is 1.79 bits per heavy atom. The molecule has 0 spiro atoms. The monoisotopic (exact) mass is 232 g/mol. The molecule has 0 N–H and O–H groups in total. The van der Waals surface area contributed by atoms with Crippen LogP contribution in [0.5, 0.6) is 0 Å². The van der Waals surface area contributed by atoms with Gasteiger partial charge in [0, 0.05) is 20.1 Å². The van der Waals surface area contributed by atoms with Crippen molar-refractivity contribution >= 4 is 25.2 Å². The topological polar surface area (TPSA) is 17.1 Å². The first-order valence-electron chi connectivity index (χ1n) is 5.47. The summed E-state index contributed by atoms with van der Waals surface area (Å²) < 4.78 is 11.9. The first kappa shape index (κ1) is 10.9. The lowest BCUT2D eigenvalue weighted by molar-refractivity contribution is 0.161. The summed E-state index contributed by atoms with van der Waals surface area (Å²) in [6.45, 7) is 4.70. The zero-order valence-electron chi connectivity index (χ0n) is 9.07. The van der Waals surface area contributed by atoms with Crippen LogP contribution < -0.4 is 0 Å². The molecule has 0 aromatic rings. The molecular formula is C11H20OS2. The van der Waals surface area contributed by atoms with E-state index >= 15 is 0 Å². The van der Waals surface area contributed by atoms with E-state index in [4.69, 9.17) is 0 Å². The average molecular weight is 232 g/mol. The van der Waals surface area contributed by atoms with Crippen LogP contribution in [0.2, 0.25) is 0 Å². The molecule has 5 atom stereocenters. The summed E-state index contributed by atoms with van der Waals surface area (Å²) in [4.78, 5) is 0. The lowest BCUT2D eigenvalue weighted by atomic mass is 9.71. The van der Waals surface area contributed by atoms with Gasteiger partial charge in [0.2, 0.25) is 0 Å². The van der Waals surface area contributed by atoms with Crippen molar-refractivity contribution in [2.75, 3.05) is 11.5 Å². The van der Waals surface area contributed by atoms with E-state index in [0.29, 0.717) is 5.92 Å². The summed E-state index contributed by atoms with van der Waals surface area (Å²) in [5.74, 6) is 9.01. The minimum atomic E-state index is -1.78.